The van der Waals surface area contributed by atoms with Gasteiger partial charge >= 0.3 is 0 Å². The van der Waals surface area contributed by atoms with E-state index in [0.717, 1.165) is 12.3 Å². The minimum Gasteiger partial charge on any atom is -0.467 e. The molecule has 1 aromatic carbocycles. The Morgan fingerprint density at radius 3 is 2.59 bits per heavy atom. The lowest BCUT2D eigenvalue weighted by atomic mass is 10.0. The van der Waals surface area contributed by atoms with Crippen LogP contribution < -0.4 is 5.32 Å². The first-order chi connectivity index (χ1) is 8.18. The van der Waals surface area contributed by atoms with E-state index in [9.17, 15) is 0 Å². The average molecular weight is 229 g/mol. The molecule has 0 saturated carbocycles. The zero-order chi connectivity index (χ0) is 12.3. The van der Waals surface area contributed by atoms with Crippen LogP contribution >= 0.6 is 0 Å². The summed E-state index contributed by atoms with van der Waals surface area (Å²) in [5.74, 6) is 1.01. The minimum absolute atomic E-state index is 0.463. The normalized spacial score (nSPS) is 11.1. The van der Waals surface area contributed by atoms with Crippen LogP contribution in [0.3, 0.4) is 0 Å². The third-order valence-electron chi connectivity index (χ3n) is 2.85. The van der Waals surface area contributed by atoms with Gasteiger partial charge in [-0.05, 0) is 24.1 Å². The predicted molar refractivity (Wildman–Crippen MR) is 70.9 cm³/mol. The van der Waals surface area contributed by atoms with Crippen LogP contribution in [-0.2, 0) is 6.54 Å². The molecule has 0 aliphatic heterocycles. The van der Waals surface area contributed by atoms with Crippen molar-refractivity contribution in [2.45, 2.75) is 33.4 Å². The van der Waals surface area contributed by atoms with E-state index in [1.54, 1.807) is 6.26 Å². The smallest absolute Gasteiger partial charge is 0.125 e. The van der Waals surface area contributed by atoms with Crippen molar-refractivity contribution in [2.75, 3.05) is 0 Å². The van der Waals surface area contributed by atoms with Gasteiger partial charge in [0, 0.05) is 11.6 Å². The van der Waals surface area contributed by atoms with Crippen molar-refractivity contribution in [2.24, 2.45) is 0 Å². The molecule has 17 heavy (non-hydrogen) atoms. The van der Waals surface area contributed by atoms with Crippen molar-refractivity contribution in [3.05, 3.63) is 47.9 Å². The molecule has 0 saturated heterocycles. The van der Waals surface area contributed by atoms with Gasteiger partial charge in [-0.3, -0.25) is 0 Å². The fraction of sp³-hybridized carbons (Fsp3) is 0.333. The lowest BCUT2D eigenvalue weighted by Crippen LogP contribution is -2.21. The van der Waals surface area contributed by atoms with E-state index >= 15 is 0 Å². The maximum Gasteiger partial charge on any atom is 0.125 e. The van der Waals surface area contributed by atoms with Crippen LogP contribution in [0.5, 0.6) is 0 Å². The molecule has 0 atom stereocenters. The van der Waals surface area contributed by atoms with Gasteiger partial charge in [-0.1, -0.05) is 38.1 Å². The summed E-state index contributed by atoms with van der Waals surface area (Å²) in [5, 5.41) is 3.38. The second-order valence-electron chi connectivity index (χ2n) is 4.61. The molecule has 0 fully saturated rings. The number of hydrogen-bond donors (Lipinski definition) is 1. The number of hydrogen-bond acceptors (Lipinski definition) is 2. The van der Waals surface area contributed by atoms with Crippen LogP contribution in [0.15, 0.2) is 41.0 Å². The highest BCUT2D eigenvalue weighted by Gasteiger charge is 2.10. The lowest BCUT2D eigenvalue weighted by Gasteiger charge is -2.09. The van der Waals surface area contributed by atoms with Crippen LogP contribution in [-0.4, -0.2) is 6.04 Å². The zero-order valence-corrected chi connectivity index (χ0v) is 10.7. The molecule has 2 aromatic rings. The van der Waals surface area contributed by atoms with Crippen molar-refractivity contribution in [1.29, 1.82) is 0 Å². The fourth-order valence-corrected chi connectivity index (χ4v) is 1.89. The number of nitrogens with one attached hydrogen (secondary N) is 1. The van der Waals surface area contributed by atoms with E-state index in [1.165, 1.54) is 16.7 Å². The van der Waals surface area contributed by atoms with Gasteiger partial charge in [-0.25, -0.2) is 0 Å². The van der Waals surface area contributed by atoms with Crippen LogP contribution in [0, 0.1) is 6.92 Å². The van der Waals surface area contributed by atoms with Gasteiger partial charge in [0.15, 0.2) is 0 Å². The molecular formula is C15H19NO. The first-order valence-electron chi connectivity index (χ1n) is 6.04. The summed E-state index contributed by atoms with van der Waals surface area (Å²) in [5.41, 5.74) is 3.72. The highest BCUT2D eigenvalue weighted by Crippen LogP contribution is 2.27. The third kappa shape index (κ3) is 2.77. The SMILES string of the molecule is Cc1ccccc1-c1ccoc1CNC(C)C. The molecule has 0 spiro atoms. The number of rotatable bonds is 4. The molecule has 1 heterocycles. The van der Waals surface area contributed by atoms with Crippen molar-refractivity contribution in [3.8, 4) is 11.1 Å². The molecule has 2 rings (SSSR count). The highest BCUT2D eigenvalue weighted by atomic mass is 16.3. The van der Waals surface area contributed by atoms with E-state index in [-0.39, 0.29) is 0 Å². The lowest BCUT2D eigenvalue weighted by molar-refractivity contribution is 0.466. The Bertz CT molecular complexity index is 485. The van der Waals surface area contributed by atoms with Gasteiger partial charge in [0.25, 0.3) is 0 Å². The molecule has 0 aliphatic carbocycles. The fourth-order valence-electron chi connectivity index (χ4n) is 1.89. The van der Waals surface area contributed by atoms with Crippen LogP contribution in [0.1, 0.15) is 25.2 Å². The molecule has 2 heteroatoms. The summed E-state index contributed by atoms with van der Waals surface area (Å²) in [6.45, 7) is 7.17. The quantitative estimate of drug-likeness (QED) is 0.863. The van der Waals surface area contributed by atoms with Crippen LogP contribution in [0.2, 0.25) is 0 Å². The third-order valence-corrected chi connectivity index (χ3v) is 2.85. The average Bonchev–Trinajstić information content (AvgIpc) is 2.75. The number of furan rings is 1. The van der Waals surface area contributed by atoms with Gasteiger partial charge in [0.05, 0.1) is 12.8 Å². The monoisotopic (exact) mass is 229 g/mol. The molecule has 0 amide bonds. The van der Waals surface area contributed by atoms with Crippen LogP contribution in [0.4, 0.5) is 0 Å². The standard InChI is InChI=1S/C15H19NO/c1-11(2)16-10-15-14(8-9-17-15)13-7-5-4-6-12(13)3/h4-9,11,16H,10H2,1-3H3. The molecule has 0 radical (unpaired) electrons. The Balaban J connectivity index is 2.28. The van der Waals surface area contributed by atoms with Crippen molar-refractivity contribution >= 4 is 0 Å². The zero-order valence-electron chi connectivity index (χ0n) is 10.7. The van der Waals surface area contributed by atoms with Crippen molar-refractivity contribution < 1.29 is 4.42 Å². The Morgan fingerprint density at radius 2 is 1.88 bits per heavy atom. The number of benzene rings is 1. The van der Waals surface area contributed by atoms with Gasteiger partial charge < -0.3 is 9.73 Å². The predicted octanol–water partition coefficient (Wildman–Crippen LogP) is 3.75. The van der Waals surface area contributed by atoms with E-state index in [0.29, 0.717) is 6.04 Å². The maximum absolute atomic E-state index is 5.56. The summed E-state index contributed by atoms with van der Waals surface area (Å²) in [6, 6.07) is 10.9. The summed E-state index contributed by atoms with van der Waals surface area (Å²) >= 11 is 0. The summed E-state index contributed by atoms with van der Waals surface area (Å²) in [6.07, 6.45) is 1.76. The van der Waals surface area contributed by atoms with E-state index in [1.807, 2.05) is 6.07 Å². The van der Waals surface area contributed by atoms with Crippen molar-refractivity contribution in [1.82, 2.24) is 5.32 Å². The topological polar surface area (TPSA) is 25.2 Å². The first kappa shape index (κ1) is 11.9. The summed E-state index contributed by atoms with van der Waals surface area (Å²) < 4.78 is 5.56. The van der Waals surface area contributed by atoms with Crippen LogP contribution in [0.25, 0.3) is 11.1 Å². The van der Waals surface area contributed by atoms with Gasteiger partial charge in [0.2, 0.25) is 0 Å². The second-order valence-corrected chi connectivity index (χ2v) is 4.61. The minimum atomic E-state index is 0.463. The molecule has 90 valence electrons. The first-order valence-corrected chi connectivity index (χ1v) is 6.04. The Labute approximate surface area is 103 Å². The molecular weight excluding hydrogens is 210 g/mol. The molecule has 0 aliphatic rings. The van der Waals surface area contributed by atoms with Gasteiger partial charge in [-0.15, -0.1) is 0 Å². The maximum atomic E-state index is 5.56. The molecule has 1 aromatic heterocycles. The molecule has 0 unspecified atom stereocenters. The summed E-state index contributed by atoms with van der Waals surface area (Å²) in [7, 11) is 0. The largest absolute Gasteiger partial charge is 0.467 e. The van der Waals surface area contributed by atoms with Gasteiger partial charge in [-0.2, -0.15) is 0 Å². The second kappa shape index (κ2) is 5.19. The Hall–Kier alpha value is -1.54. The molecule has 2 nitrogen and oxygen atoms in total. The molecule has 1 N–H and O–H groups in total. The Morgan fingerprint density at radius 1 is 1.12 bits per heavy atom. The van der Waals surface area contributed by atoms with E-state index in [2.05, 4.69) is 50.4 Å². The highest BCUT2D eigenvalue weighted by molar-refractivity contribution is 5.68. The number of aryl methyl sites for hydroxylation is 1. The van der Waals surface area contributed by atoms with E-state index in [4.69, 9.17) is 4.42 Å². The van der Waals surface area contributed by atoms with E-state index < -0.39 is 0 Å². The Kier molecular flexibility index (Phi) is 3.64. The van der Waals surface area contributed by atoms with Gasteiger partial charge in [0.1, 0.15) is 5.76 Å². The summed E-state index contributed by atoms with van der Waals surface area (Å²) in [4.78, 5) is 0. The van der Waals surface area contributed by atoms with Crippen molar-refractivity contribution in [3.63, 3.8) is 0 Å². The molecule has 0 bridgehead atoms.